The van der Waals surface area contributed by atoms with Crippen LogP contribution in [0.15, 0.2) is 18.2 Å². The molecule has 2 amide bonds. The fourth-order valence-electron chi connectivity index (χ4n) is 2.94. The fraction of sp³-hybridized carbons (Fsp3) is 0.600. The number of carbonyl (C=O) groups is 2. The Kier molecular flexibility index (Phi) is 7.30. The Bertz CT molecular complexity index is 630. The van der Waals surface area contributed by atoms with Crippen molar-refractivity contribution < 1.29 is 19.1 Å². The molecule has 0 N–H and O–H groups in total. The van der Waals surface area contributed by atoms with Crippen molar-refractivity contribution >= 4 is 11.8 Å². The molecule has 0 bridgehead atoms. The molecule has 26 heavy (non-hydrogen) atoms. The average molecular weight is 362 g/mol. The smallest absolute Gasteiger partial charge is 0.254 e. The Morgan fingerprint density at radius 1 is 1.08 bits per heavy atom. The molecule has 1 aromatic rings. The van der Waals surface area contributed by atoms with Gasteiger partial charge in [0.2, 0.25) is 5.91 Å². The second-order valence-corrected chi connectivity index (χ2v) is 7.05. The van der Waals surface area contributed by atoms with Crippen LogP contribution in [0.1, 0.15) is 44.0 Å². The molecule has 1 heterocycles. The van der Waals surface area contributed by atoms with Crippen molar-refractivity contribution in [1.82, 2.24) is 9.80 Å². The van der Waals surface area contributed by atoms with Crippen LogP contribution in [0, 0.1) is 5.92 Å². The van der Waals surface area contributed by atoms with E-state index < -0.39 is 0 Å². The molecule has 1 fully saturated rings. The number of nitrogens with zero attached hydrogens (tertiary/aromatic N) is 2. The standard InChI is InChI=1S/C20H30N2O4/c1-15(2)8-13-26-18-7-6-17(14-19(18)25-4)20(24)22-10-5-9-21(11-12-22)16(3)23/h6-7,14-15H,5,8-13H2,1-4H3. The number of amides is 2. The Labute approximate surface area is 156 Å². The van der Waals surface area contributed by atoms with Gasteiger partial charge in [-0.15, -0.1) is 0 Å². The Hall–Kier alpha value is -2.24. The van der Waals surface area contributed by atoms with Crippen molar-refractivity contribution in [2.24, 2.45) is 5.92 Å². The first-order valence-electron chi connectivity index (χ1n) is 9.28. The van der Waals surface area contributed by atoms with Gasteiger partial charge in [-0.3, -0.25) is 9.59 Å². The van der Waals surface area contributed by atoms with Gasteiger partial charge in [0.25, 0.3) is 5.91 Å². The summed E-state index contributed by atoms with van der Waals surface area (Å²) < 4.78 is 11.2. The van der Waals surface area contributed by atoms with Gasteiger partial charge in [0.1, 0.15) is 0 Å². The first-order chi connectivity index (χ1) is 12.4. The lowest BCUT2D eigenvalue weighted by Gasteiger charge is -2.22. The lowest BCUT2D eigenvalue weighted by Crippen LogP contribution is -2.36. The fourth-order valence-corrected chi connectivity index (χ4v) is 2.94. The van der Waals surface area contributed by atoms with Crippen LogP contribution >= 0.6 is 0 Å². The molecule has 6 nitrogen and oxygen atoms in total. The molecule has 1 aromatic carbocycles. The molecule has 1 aliphatic rings. The SMILES string of the molecule is COc1cc(C(=O)N2CCCN(C(C)=O)CC2)ccc1OCCC(C)C. The van der Waals surface area contributed by atoms with Gasteiger partial charge in [0.15, 0.2) is 11.5 Å². The van der Waals surface area contributed by atoms with Gasteiger partial charge < -0.3 is 19.3 Å². The van der Waals surface area contributed by atoms with E-state index in [-0.39, 0.29) is 11.8 Å². The number of benzene rings is 1. The summed E-state index contributed by atoms with van der Waals surface area (Å²) in [7, 11) is 1.58. The molecule has 0 aromatic heterocycles. The zero-order valence-corrected chi connectivity index (χ0v) is 16.3. The summed E-state index contributed by atoms with van der Waals surface area (Å²) in [6.07, 6.45) is 1.75. The number of methoxy groups -OCH3 is 1. The summed E-state index contributed by atoms with van der Waals surface area (Å²) >= 11 is 0. The van der Waals surface area contributed by atoms with Crippen molar-refractivity contribution in [3.8, 4) is 11.5 Å². The maximum absolute atomic E-state index is 12.8. The second kappa shape index (κ2) is 9.46. The summed E-state index contributed by atoms with van der Waals surface area (Å²) in [6, 6.07) is 5.32. The van der Waals surface area contributed by atoms with E-state index >= 15 is 0 Å². The molecule has 1 saturated heterocycles. The number of ether oxygens (including phenoxy) is 2. The summed E-state index contributed by atoms with van der Waals surface area (Å²) in [6.45, 7) is 8.97. The molecule has 6 heteroatoms. The lowest BCUT2D eigenvalue weighted by molar-refractivity contribution is -0.128. The third-order valence-corrected chi connectivity index (χ3v) is 4.59. The van der Waals surface area contributed by atoms with Crippen LogP contribution in [0.2, 0.25) is 0 Å². The molecule has 1 aliphatic heterocycles. The number of hydrogen-bond acceptors (Lipinski definition) is 4. The van der Waals surface area contributed by atoms with E-state index in [0.29, 0.717) is 55.8 Å². The Morgan fingerprint density at radius 3 is 2.42 bits per heavy atom. The van der Waals surface area contributed by atoms with Crippen LogP contribution in [-0.2, 0) is 4.79 Å². The second-order valence-electron chi connectivity index (χ2n) is 7.05. The predicted octanol–water partition coefficient (Wildman–Crippen LogP) is 2.81. The quantitative estimate of drug-likeness (QED) is 0.781. The minimum absolute atomic E-state index is 0.0394. The monoisotopic (exact) mass is 362 g/mol. The van der Waals surface area contributed by atoms with Crippen LogP contribution in [-0.4, -0.2) is 61.5 Å². The normalized spacial score (nSPS) is 15.0. The van der Waals surface area contributed by atoms with Gasteiger partial charge in [-0.25, -0.2) is 0 Å². The topological polar surface area (TPSA) is 59.1 Å². The van der Waals surface area contributed by atoms with Crippen molar-refractivity contribution in [2.45, 2.75) is 33.6 Å². The van der Waals surface area contributed by atoms with E-state index in [2.05, 4.69) is 13.8 Å². The Morgan fingerprint density at radius 2 is 1.77 bits per heavy atom. The van der Waals surface area contributed by atoms with Crippen molar-refractivity contribution in [1.29, 1.82) is 0 Å². The first-order valence-corrected chi connectivity index (χ1v) is 9.28. The van der Waals surface area contributed by atoms with Gasteiger partial charge >= 0.3 is 0 Å². The van der Waals surface area contributed by atoms with E-state index in [1.165, 1.54) is 0 Å². The molecule has 144 valence electrons. The van der Waals surface area contributed by atoms with Gasteiger partial charge in [-0.05, 0) is 37.0 Å². The van der Waals surface area contributed by atoms with Crippen LogP contribution in [0.25, 0.3) is 0 Å². The van der Waals surface area contributed by atoms with Crippen molar-refractivity contribution in [3.05, 3.63) is 23.8 Å². The number of rotatable bonds is 6. The maximum Gasteiger partial charge on any atom is 0.254 e. The van der Waals surface area contributed by atoms with E-state index in [1.54, 1.807) is 42.0 Å². The van der Waals surface area contributed by atoms with Crippen molar-refractivity contribution in [3.63, 3.8) is 0 Å². The van der Waals surface area contributed by atoms with E-state index in [9.17, 15) is 9.59 Å². The average Bonchev–Trinajstić information content (AvgIpc) is 2.87. The molecule has 0 atom stereocenters. The van der Waals surface area contributed by atoms with Gasteiger partial charge in [-0.1, -0.05) is 13.8 Å². The highest BCUT2D eigenvalue weighted by molar-refractivity contribution is 5.95. The maximum atomic E-state index is 12.8. The van der Waals surface area contributed by atoms with Crippen LogP contribution in [0.5, 0.6) is 11.5 Å². The molecular formula is C20H30N2O4. The summed E-state index contributed by atoms with van der Waals surface area (Å²) in [5.74, 6) is 1.81. The molecule has 2 rings (SSSR count). The third-order valence-electron chi connectivity index (χ3n) is 4.59. The van der Waals surface area contributed by atoms with Crippen molar-refractivity contribution in [2.75, 3.05) is 39.9 Å². The summed E-state index contributed by atoms with van der Waals surface area (Å²) in [5.41, 5.74) is 0.578. The third kappa shape index (κ3) is 5.38. The largest absolute Gasteiger partial charge is 0.493 e. The number of hydrogen-bond donors (Lipinski definition) is 0. The summed E-state index contributed by atoms with van der Waals surface area (Å²) in [4.78, 5) is 28.0. The zero-order chi connectivity index (χ0) is 19.1. The highest BCUT2D eigenvalue weighted by Crippen LogP contribution is 2.29. The zero-order valence-electron chi connectivity index (χ0n) is 16.3. The van der Waals surface area contributed by atoms with Gasteiger partial charge in [0.05, 0.1) is 13.7 Å². The number of carbonyl (C=O) groups excluding carboxylic acids is 2. The van der Waals surface area contributed by atoms with Crippen LogP contribution < -0.4 is 9.47 Å². The minimum atomic E-state index is -0.0394. The van der Waals surface area contributed by atoms with E-state index in [0.717, 1.165) is 12.8 Å². The van der Waals surface area contributed by atoms with Gasteiger partial charge in [-0.2, -0.15) is 0 Å². The molecular weight excluding hydrogens is 332 g/mol. The van der Waals surface area contributed by atoms with E-state index in [4.69, 9.17) is 9.47 Å². The lowest BCUT2D eigenvalue weighted by atomic mass is 10.1. The van der Waals surface area contributed by atoms with Gasteiger partial charge in [0, 0.05) is 38.7 Å². The van der Waals surface area contributed by atoms with E-state index in [1.807, 2.05) is 0 Å². The Balaban J connectivity index is 2.05. The summed E-state index contributed by atoms with van der Waals surface area (Å²) in [5, 5.41) is 0. The highest BCUT2D eigenvalue weighted by Gasteiger charge is 2.22. The molecule has 0 aliphatic carbocycles. The van der Waals surface area contributed by atoms with Crippen LogP contribution in [0.3, 0.4) is 0 Å². The minimum Gasteiger partial charge on any atom is -0.493 e. The molecule has 0 saturated carbocycles. The highest BCUT2D eigenvalue weighted by atomic mass is 16.5. The van der Waals surface area contributed by atoms with Crippen LogP contribution in [0.4, 0.5) is 0 Å². The molecule has 0 radical (unpaired) electrons. The first kappa shape index (κ1) is 20.1. The molecule has 0 unspecified atom stereocenters. The predicted molar refractivity (Wildman–Crippen MR) is 101 cm³/mol. The molecule has 0 spiro atoms.